The molecule has 3 rings (SSSR count). The molecule has 1 aromatic rings. The van der Waals surface area contributed by atoms with Crippen molar-refractivity contribution in [3.63, 3.8) is 0 Å². The van der Waals surface area contributed by atoms with E-state index in [2.05, 4.69) is 30.6 Å². The molecule has 0 radical (unpaired) electrons. The van der Waals surface area contributed by atoms with Gasteiger partial charge < -0.3 is 5.32 Å². The van der Waals surface area contributed by atoms with Gasteiger partial charge in [-0.05, 0) is 48.6 Å². The number of carbonyl (C=O) groups excluding carboxylic acids is 1. The van der Waals surface area contributed by atoms with Crippen LogP contribution in [0.2, 0.25) is 0 Å². The van der Waals surface area contributed by atoms with E-state index in [1.807, 2.05) is 11.3 Å². The summed E-state index contributed by atoms with van der Waals surface area (Å²) in [5, 5.41) is 5.44. The molecule has 1 aliphatic carbocycles. The normalized spacial score (nSPS) is 30.8. The molecule has 2 aliphatic rings. The number of rotatable bonds is 2. The standard InChI is InChI=1S/C15H21NOS/c1-10(2)8-13-15(9-14(17)16-13)6-3-4-12-11(15)5-7-18-12/h5,7,10,13H,3-4,6,8-9H2,1-2H3,(H,16,17). The van der Waals surface area contributed by atoms with Crippen molar-refractivity contribution in [3.05, 3.63) is 21.9 Å². The monoisotopic (exact) mass is 263 g/mol. The lowest BCUT2D eigenvalue weighted by atomic mass is 9.66. The molecule has 0 aromatic carbocycles. The lowest BCUT2D eigenvalue weighted by Gasteiger charge is -2.38. The molecule has 1 amide bonds. The smallest absolute Gasteiger partial charge is 0.221 e. The predicted octanol–water partition coefficient (Wildman–Crippen LogP) is 3.26. The molecule has 1 spiro atoms. The van der Waals surface area contributed by atoms with E-state index in [1.165, 1.54) is 29.7 Å². The van der Waals surface area contributed by atoms with Gasteiger partial charge in [-0.15, -0.1) is 11.3 Å². The number of aryl methyl sites for hydroxylation is 1. The Morgan fingerprint density at radius 2 is 2.39 bits per heavy atom. The molecule has 1 aliphatic heterocycles. The first-order chi connectivity index (χ1) is 8.62. The SMILES string of the molecule is CC(C)CC1NC(=O)CC12CCCc1sccc12. The molecule has 98 valence electrons. The van der Waals surface area contributed by atoms with E-state index in [4.69, 9.17) is 0 Å². The van der Waals surface area contributed by atoms with Crippen LogP contribution in [-0.2, 0) is 16.6 Å². The highest BCUT2D eigenvalue weighted by Gasteiger charge is 2.50. The van der Waals surface area contributed by atoms with E-state index in [0.717, 1.165) is 6.42 Å². The average molecular weight is 263 g/mol. The Balaban J connectivity index is 2.00. The Kier molecular flexibility index (Phi) is 2.97. The lowest BCUT2D eigenvalue weighted by molar-refractivity contribution is -0.119. The van der Waals surface area contributed by atoms with E-state index < -0.39 is 0 Å². The number of carbonyl (C=O) groups is 1. The number of hydrogen-bond donors (Lipinski definition) is 1. The van der Waals surface area contributed by atoms with Crippen LogP contribution in [-0.4, -0.2) is 11.9 Å². The molecule has 1 N–H and O–H groups in total. The van der Waals surface area contributed by atoms with Crippen molar-refractivity contribution < 1.29 is 4.79 Å². The highest BCUT2D eigenvalue weighted by atomic mass is 32.1. The van der Waals surface area contributed by atoms with Crippen LogP contribution in [0.5, 0.6) is 0 Å². The molecule has 3 heteroatoms. The molecule has 2 unspecified atom stereocenters. The fourth-order valence-corrected chi connectivity index (χ4v) is 4.80. The van der Waals surface area contributed by atoms with Crippen LogP contribution in [0.25, 0.3) is 0 Å². The van der Waals surface area contributed by atoms with Crippen molar-refractivity contribution in [3.8, 4) is 0 Å². The summed E-state index contributed by atoms with van der Waals surface area (Å²) >= 11 is 1.87. The number of thiophene rings is 1. The fourth-order valence-electron chi connectivity index (χ4n) is 3.77. The van der Waals surface area contributed by atoms with Gasteiger partial charge in [-0.1, -0.05) is 13.8 Å². The van der Waals surface area contributed by atoms with Gasteiger partial charge in [0, 0.05) is 22.8 Å². The summed E-state index contributed by atoms with van der Waals surface area (Å²) in [5.41, 5.74) is 1.58. The molecule has 2 nitrogen and oxygen atoms in total. The summed E-state index contributed by atoms with van der Waals surface area (Å²) in [6, 6.07) is 2.62. The van der Waals surface area contributed by atoms with E-state index in [-0.39, 0.29) is 11.3 Å². The van der Waals surface area contributed by atoms with Crippen molar-refractivity contribution in [2.45, 2.75) is 57.4 Å². The zero-order chi connectivity index (χ0) is 12.8. The second-order valence-electron chi connectivity index (χ2n) is 6.19. The summed E-state index contributed by atoms with van der Waals surface area (Å²) in [6.45, 7) is 4.49. The molecule has 2 atom stereocenters. The van der Waals surface area contributed by atoms with Crippen molar-refractivity contribution >= 4 is 17.2 Å². The molecule has 1 fully saturated rings. The Morgan fingerprint density at radius 1 is 1.56 bits per heavy atom. The lowest BCUT2D eigenvalue weighted by Crippen LogP contribution is -2.43. The maximum absolute atomic E-state index is 11.9. The first kappa shape index (κ1) is 12.2. The molecular formula is C15H21NOS. The highest BCUT2D eigenvalue weighted by molar-refractivity contribution is 7.10. The number of nitrogens with one attached hydrogen (secondary N) is 1. The molecule has 1 aromatic heterocycles. The van der Waals surface area contributed by atoms with Crippen LogP contribution < -0.4 is 5.32 Å². The second-order valence-corrected chi connectivity index (χ2v) is 7.19. The molecule has 18 heavy (non-hydrogen) atoms. The van der Waals surface area contributed by atoms with E-state index >= 15 is 0 Å². The fraction of sp³-hybridized carbons (Fsp3) is 0.667. The summed E-state index contributed by atoms with van der Waals surface area (Å²) in [7, 11) is 0. The van der Waals surface area contributed by atoms with Crippen LogP contribution >= 0.6 is 11.3 Å². The predicted molar refractivity (Wildman–Crippen MR) is 74.9 cm³/mol. The molecule has 0 saturated carbocycles. The van der Waals surface area contributed by atoms with E-state index in [0.29, 0.717) is 18.4 Å². The topological polar surface area (TPSA) is 29.1 Å². The number of amides is 1. The van der Waals surface area contributed by atoms with Crippen molar-refractivity contribution in [2.75, 3.05) is 0 Å². The average Bonchev–Trinajstić information content (AvgIpc) is 2.86. The maximum Gasteiger partial charge on any atom is 0.221 e. The van der Waals surface area contributed by atoms with Gasteiger partial charge in [0.2, 0.25) is 5.91 Å². The Hall–Kier alpha value is -0.830. The van der Waals surface area contributed by atoms with E-state index in [9.17, 15) is 4.79 Å². The minimum atomic E-state index is 0.106. The van der Waals surface area contributed by atoms with Gasteiger partial charge in [0.1, 0.15) is 0 Å². The third-order valence-electron chi connectivity index (χ3n) is 4.49. The first-order valence-corrected chi connectivity index (χ1v) is 7.86. The summed E-state index contributed by atoms with van der Waals surface area (Å²) < 4.78 is 0. The quantitative estimate of drug-likeness (QED) is 0.872. The minimum Gasteiger partial charge on any atom is -0.352 e. The highest BCUT2D eigenvalue weighted by Crippen LogP contribution is 2.48. The second kappa shape index (κ2) is 4.37. The van der Waals surface area contributed by atoms with E-state index in [1.54, 1.807) is 0 Å². The Morgan fingerprint density at radius 3 is 3.17 bits per heavy atom. The van der Waals surface area contributed by atoms with Crippen LogP contribution in [0.4, 0.5) is 0 Å². The molecule has 2 heterocycles. The summed E-state index contributed by atoms with van der Waals surface area (Å²) in [5.74, 6) is 0.883. The van der Waals surface area contributed by atoms with Crippen molar-refractivity contribution in [2.24, 2.45) is 5.92 Å². The van der Waals surface area contributed by atoms with Gasteiger partial charge in [0.15, 0.2) is 0 Å². The molecule has 0 bridgehead atoms. The van der Waals surface area contributed by atoms with Gasteiger partial charge in [-0.3, -0.25) is 4.79 Å². The third-order valence-corrected chi connectivity index (χ3v) is 5.47. The number of hydrogen-bond acceptors (Lipinski definition) is 2. The minimum absolute atomic E-state index is 0.106. The van der Waals surface area contributed by atoms with Gasteiger partial charge >= 0.3 is 0 Å². The maximum atomic E-state index is 11.9. The van der Waals surface area contributed by atoms with Gasteiger partial charge in [0.25, 0.3) is 0 Å². The third kappa shape index (κ3) is 1.80. The van der Waals surface area contributed by atoms with Gasteiger partial charge in [-0.2, -0.15) is 0 Å². The zero-order valence-corrected chi connectivity index (χ0v) is 12.0. The van der Waals surface area contributed by atoms with Gasteiger partial charge in [-0.25, -0.2) is 0 Å². The van der Waals surface area contributed by atoms with Crippen molar-refractivity contribution in [1.29, 1.82) is 0 Å². The van der Waals surface area contributed by atoms with Crippen LogP contribution in [0, 0.1) is 5.92 Å². The van der Waals surface area contributed by atoms with Crippen LogP contribution in [0.15, 0.2) is 11.4 Å². The summed E-state index contributed by atoms with van der Waals surface area (Å²) in [4.78, 5) is 13.5. The number of fused-ring (bicyclic) bond motifs is 2. The van der Waals surface area contributed by atoms with Crippen LogP contribution in [0.3, 0.4) is 0 Å². The Labute approximate surface area is 113 Å². The van der Waals surface area contributed by atoms with Crippen molar-refractivity contribution in [1.82, 2.24) is 5.32 Å². The zero-order valence-electron chi connectivity index (χ0n) is 11.2. The molecular weight excluding hydrogens is 242 g/mol. The first-order valence-electron chi connectivity index (χ1n) is 6.98. The Bertz CT molecular complexity index is 465. The van der Waals surface area contributed by atoms with Crippen LogP contribution in [0.1, 0.15) is 50.0 Å². The molecule has 1 saturated heterocycles. The summed E-state index contributed by atoms with van der Waals surface area (Å²) in [6.07, 6.45) is 5.41. The largest absolute Gasteiger partial charge is 0.352 e. The van der Waals surface area contributed by atoms with Gasteiger partial charge in [0.05, 0.1) is 0 Å².